The summed E-state index contributed by atoms with van der Waals surface area (Å²) in [5, 5.41) is 10.8. The van der Waals surface area contributed by atoms with Gasteiger partial charge in [-0.3, -0.25) is 19.7 Å². The van der Waals surface area contributed by atoms with Gasteiger partial charge >= 0.3 is 0 Å². The van der Waals surface area contributed by atoms with Crippen molar-refractivity contribution in [1.82, 2.24) is 0 Å². The van der Waals surface area contributed by atoms with Crippen LogP contribution in [0.15, 0.2) is 24.3 Å². The maximum absolute atomic E-state index is 12.5. The number of quaternary nitrogens is 1. The van der Waals surface area contributed by atoms with E-state index in [4.69, 9.17) is 0 Å². The Balaban J connectivity index is 2.32. The van der Waals surface area contributed by atoms with Gasteiger partial charge in [0.2, 0.25) is 5.91 Å². The van der Waals surface area contributed by atoms with Crippen LogP contribution in [0.2, 0.25) is 0 Å². The van der Waals surface area contributed by atoms with Gasteiger partial charge in [-0.25, -0.2) is 4.90 Å². The second kappa shape index (κ2) is 6.01. The van der Waals surface area contributed by atoms with Crippen LogP contribution in [0.1, 0.15) is 20.3 Å². The molecule has 1 aromatic rings. The van der Waals surface area contributed by atoms with Crippen molar-refractivity contribution in [1.29, 1.82) is 0 Å². The van der Waals surface area contributed by atoms with Crippen LogP contribution in [-0.4, -0.2) is 35.9 Å². The van der Waals surface area contributed by atoms with Gasteiger partial charge in [0.15, 0.2) is 6.04 Å². The first-order chi connectivity index (χ1) is 9.99. The standard InChI is InChI=1S/C14H17N3O4/c1-3-15(4-2)12-9-13(18)16(14(12)19)10-6-5-7-11(8-10)17(20)21/h5-8,12H,3-4,9H2,1-2H3/p+1/t12-/m1/s1. The van der Waals surface area contributed by atoms with Crippen LogP contribution in [0.3, 0.4) is 0 Å². The second-order valence-electron chi connectivity index (χ2n) is 4.97. The average Bonchev–Trinajstić information content (AvgIpc) is 2.76. The van der Waals surface area contributed by atoms with E-state index in [0.29, 0.717) is 0 Å². The van der Waals surface area contributed by atoms with Crippen LogP contribution in [0.5, 0.6) is 0 Å². The highest BCUT2D eigenvalue weighted by molar-refractivity contribution is 6.22. The van der Waals surface area contributed by atoms with E-state index >= 15 is 0 Å². The van der Waals surface area contributed by atoms with Crippen molar-refractivity contribution in [2.45, 2.75) is 26.3 Å². The van der Waals surface area contributed by atoms with Gasteiger partial charge < -0.3 is 4.90 Å². The number of anilines is 1. The Morgan fingerprint density at radius 2 is 2.00 bits per heavy atom. The summed E-state index contributed by atoms with van der Waals surface area (Å²) in [6.07, 6.45) is 0.151. The van der Waals surface area contributed by atoms with E-state index in [0.717, 1.165) is 22.9 Å². The van der Waals surface area contributed by atoms with E-state index in [2.05, 4.69) is 0 Å². The molecule has 0 aromatic heterocycles. The van der Waals surface area contributed by atoms with Gasteiger partial charge in [-0.15, -0.1) is 0 Å². The number of hydrogen-bond acceptors (Lipinski definition) is 4. The van der Waals surface area contributed by atoms with Crippen molar-refractivity contribution in [3.8, 4) is 0 Å². The Kier molecular flexibility index (Phi) is 4.32. The van der Waals surface area contributed by atoms with E-state index in [-0.39, 0.29) is 29.6 Å². The predicted molar refractivity (Wildman–Crippen MR) is 76.0 cm³/mol. The van der Waals surface area contributed by atoms with Crippen molar-refractivity contribution in [3.05, 3.63) is 34.4 Å². The number of carbonyl (C=O) groups is 2. The highest BCUT2D eigenvalue weighted by Gasteiger charge is 2.45. The molecule has 0 radical (unpaired) electrons. The maximum atomic E-state index is 12.5. The minimum Gasteiger partial charge on any atom is -0.325 e. The van der Waals surface area contributed by atoms with E-state index < -0.39 is 11.0 Å². The Bertz CT molecular complexity index is 583. The molecule has 1 fully saturated rings. The number of nitro groups is 1. The highest BCUT2D eigenvalue weighted by atomic mass is 16.6. The second-order valence-corrected chi connectivity index (χ2v) is 4.97. The molecule has 0 aliphatic carbocycles. The lowest BCUT2D eigenvalue weighted by Gasteiger charge is -2.21. The molecule has 7 nitrogen and oxygen atoms in total. The van der Waals surface area contributed by atoms with Crippen LogP contribution >= 0.6 is 0 Å². The number of nitro benzene ring substituents is 1. The van der Waals surface area contributed by atoms with Crippen LogP contribution in [0.4, 0.5) is 11.4 Å². The molecule has 1 aromatic carbocycles. The maximum Gasteiger partial charge on any atom is 0.292 e. The molecule has 1 aliphatic rings. The zero-order valence-corrected chi connectivity index (χ0v) is 12.0. The number of benzene rings is 1. The third-order valence-electron chi connectivity index (χ3n) is 3.85. The van der Waals surface area contributed by atoms with Crippen LogP contribution < -0.4 is 9.80 Å². The Morgan fingerprint density at radius 1 is 1.33 bits per heavy atom. The molecule has 2 rings (SSSR count). The fourth-order valence-electron chi connectivity index (χ4n) is 2.71. The minimum absolute atomic E-state index is 0.133. The molecule has 7 heteroatoms. The monoisotopic (exact) mass is 292 g/mol. The van der Waals surface area contributed by atoms with Gasteiger partial charge in [-0.05, 0) is 19.9 Å². The number of imide groups is 1. The molecule has 1 N–H and O–H groups in total. The lowest BCUT2D eigenvalue weighted by molar-refractivity contribution is -0.911. The molecule has 1 heterocycles. The van der Waals surface area contributed by atoms with Gasteiger partial charge in [0, 0.05) is 12.1 Å². The molecular formula is C14H18N3O4+. The largest absolute Gasteiger partial charge is 0.325 e. The SMILES string of the molecule is CC[NH+](CC)[C@@H]1CC(=O)N(c2cccc([N+](=O)[O-])c2)C1=O. The zero-order chi connectivity index (χ0) is 15.6. The molecule has 1 aliphatic heterocycles. The number of hydrogen-bond donors (Lipinski definition) is 1. The summed E-state index contributed by atoms with van der Waals surface area (Å²) in [5.74, 6) is -0.580. The Labute approximate surface area is 122 Å². The summed E-state index contributed by atoms with van der Waals surface area (Å²) < 4.78 is 0. The molecule has 0 unspecified atom stereocenters. The van der Waals surface area contributed by atoms with Crippen molar-refractivity contribution in [2.75, 3.05) is 18.0 Å². The molecule has 0 spiro atoms. The molecule has 1 saturated heterocycles. The summed E-state index contributed by atoms with van der Waals surface area (Å²) in [4.78, 5) is 37.0. The minimum atomic E-state index is -0.540. The fourth-order valence-corrected chi connectivity index (χ4v) is 2.71. The topological polar surface area (TPSA) is 85.0 Å². The van der Waals surface area contributed by atoms with Crippen molar-refractivity contribution >= 4 is 23.2 Å². The Morgan fingerprint density at radius 3 is 2.57 bits per heavy atom. The quantitative estimate of drug-likeness (QED) is 0.475. The summed E-state index contributed by atoms with van der Waals surface area (Å²) in [6, 6.07) is 5.22. The molecule has 2 amide bonds. The first kappa shape index (κ1) is 15.1. The molecular weight excluding hydrogens is 274 g/mol. The number of non-ortho nitro benzene ring substituents is 1. The van der Waals surface area contributed by atoms with Gasteiger partial charge in [-0.2, -0.15) is 0 Å². The van der Waals surface area contributed by atoms with Gasteiger partial charge in [0.05, 0.1) is 30.1 Å². The van der Waals surface area contributed by atoms with Gasteiger partial charge in [-0.1, -0.05) is 6.07 Å². The lowest BCUT2D eigenvalue weighted by Crippen LogP contribution is -3.16. The number of rotatable bonds is 5. The van der Waals surface area contributed by atoms with E-state index in [1.807, 2.05) is 13.8 Å². The molecule has 112 valence electrons. The average molecular weight is 292 g/mol. The van der Waals surface area contributed by atoms with Crippen molar-refractivity contribution < 1.29 is 19.4 Å². The predicted octanol–water partition coefficient (Wildman–Crippen LogP) is 0.151. The van der Waals surface area contributed by atoms with E-state index in [1.54, 1.807) is 6.07 Å². The molecule has 1 atom stereocenters. The number of nitrogens with one attached hydrogen (secondary N) is 1. The number of carbonyl (C=O) groups excluding carboxylic acids is 2. The molecule has 0 bridgehead atoms. The van der Waals surface area contributed by atoms with Crippen molar-refractivity contribution in [2.24, 2.45) is 0 Å². The fraction of sp³-hybridized carbons (Fsp3) is 0.429. The summed E-state index contributed by atoms with van der Waals surface area (Å²) in [7, 11) is 0. The number of amides is 2. The third-order valence-corrected chi connectivity index (χ3v) is 3.85. The van der Waals surface area contributed by atoms with Crippen LogP contribution in [0, 0.1) is 10.1 Å². The highest BCUT2D eigenvalue weighted by Crippen LogP contribution is 2.25. The van der Waals surface area contributed by atoms with E-state index in [9.17, 15) is 19.7 Å². The third kappa shape index (κ3) is 2.78. The number of nitrogens with zero attached hydrogens (tertiary/aromatic N) is 2. The van der Waals surface area contributed by atoms with Gasteiger partial charge in [0.1, 0.15) is 0 Å². The lowest BCUT2D eigenvalue weighted by atomic mass is 10.2. The van der Waals surface area contributed by atoms with Crippen LogP contribution in [0.25, 0.3) is 0 Å². The zero-order valence-electron chi connectivity index (χ0n) is 12.0. The molecule has 0 saturated carbocycles. The molecule has 21 heavy (non-hydrogen) atoms. The summed E-state index contributed by atoms with van der Waals surface area (Å²) >= 11 is 0. The van der Waals surface area contributed by atoms with Crippen LogP contribution in [-0.2, 0) is 9.59 Å². The number of likely N-dealkylation sites (N-methyl/N-ethyl adjacent to an activating group) is 1. The Hall–Kier alpha value is -2.28. The summed E-state index contributed by atoms with van der Waals surface area (Å²) in [5.41, 5.74) is 0.139. The first-order valence-electron chi connectivity index (χ1n) is 6.95. The first-order valence-corrected chi connectivity index (χ1v) is 6.95. The van der Waals surface area contributed by atoms with Gasteiger partial charge in [0.25, 0.3) is 11.6 Å². The normalized spacial score (nSPS) is 18.6. The van der Waals surface area contributed by atoms with Crippen molar-refractivity contribution in [3.63, 3.8) is 0 Å². The summed E-state index contributed by atoms with van der Waals surface area (Å²) in [6.45, 7) is 5.44. The van der Waals surface area contributed by atoms with E-state index in [1.165, 1.54) is 18.2 Å². The smallest absolute Gasteiger partial charge is 0.292 e.